The Hall–Kier alpha value is -2.34. The minimum atomic E-state index is -1.05. The molecular formula is C14H16O6. The van der Waals surface area contributed by atoms with E-state index in [0.29, 0.717) is 0 Å². The van der Waals surface area contributed by atoms with Crippen molar-refractivity contribution >= 4 is 18.0 Å². The Morgan fingerprint density at radius 1 is 1.20 bits per heavy atom. The zero-order valence-corrected chi connectivity index (χ0v) is 11.0. The second-order valence-corrected chi connectivity index (χ2v) is 4.01. The van der Waals surface area contributed by atoms with Gasteiger partial charge in [0.05, 0.1) is 0 Å². The summed E-state index contributed by atoms with van der Waals surface area (Å²) in [6, 6.07) is 6.25. The van der Waals surface area contributed by atoms with Gasteiger partial charge in [0, 0.05) is 13.0 Å². The van der Waals surface area contributed by atoms with Crippen LogP contribution in [0.5, 0.6) is 5.75 Å². The zero-order chi connectivity index (χ0) is 15.0. The second kappa shape index (κ2) is 7.96. The summed E-state index contributed by atoms with van der Waals surface area (Å²) in [7, 11) is 0. The van der Waals surface area contributed by atoms with E-state index in [4.69, 9.17) is 9.84 Å². The number of phenolic OH excluding ortho intramolecular Hbond substituents is 1. The number of carbonyl (C=O) groups is 2. The first-order chi connectivity index (χ1) is 9.47. The Morgan fingerprint density at radius 3 is 2.40 bits per heavy atom. The lowest BCUT2D eigenvalue weighted by atomic mass is 10.2. The number of carbonyl (C=O) groups excluding carboxylic acids is 2. The lowest BCUT2D eigenvalue weighted by Crippen LogP contribution is -2.24. The van der Waals surface area contributed by atoms with Gasteiger partial charge < -0.3 is 19.7 Å². The van der Waals surface area contributed by atoms with Crippen molar-refractivity contribution in [3.8, 4) is 5.75 Å². The third-order valence-corrected chi connectivity index (χ3v) is 2.20. The highest BCUT2D eigenvalue weighted by molar-refractivity contribution is 5.87. The summed E-state index contributed by atoms with van der Waals surface area (Å²) in [6.45, 7) is 0.745. The molecule has 1 aromatic carbocycles. The van der Waals surface area contributed by atoms with Crippen LogP contribution in [-0.4, -0.2) is 41.5 Å². The number of hydrogen-bond acceptors (Lipinski definition) is 6. The Labute approximate surface area is 116 Å². The fourth-order valence-electron chi connectivity index (χ4n) is 1.24. The van der Waals surface area contributed by atoms with Gasteiger partial charge in [0.1, 0.15) is 25.1 Å². The van der Waals surface area contributed by atoms with Crippen molar-refractivity contribution in [3.05, 3.63) is 35.9 Å². The average molecular weight is 280 g/mol. The van der Waals surface area contributed by atoms with Gasteiger partial charge in [-0.25, -0.2) is 4.79 Å². The van der Waals surface area contributed by atoms with E-state index in [1.807, 2.05) is 0 Å². The van der Waals surface area contributed by atoms with Crippen LogP contribution in [0.25, 0.3) is 6.08 Å². The SMILES string of the molecule is CC(=O)OCC(O)COC(=O)/C=C/c1ccc(O)cc1. The Bertz CT molecular complexity index is 477. The first kappa shape index (κ1) is 15.7. The molecule has 1 unspecified atom stereocenters. The number of ether oxygens (including phenoxy) is 2. The molecule has 20 heavy (non-hydrogen) atoms. The molecule has 108 valence electrons. The van der Waals surface area contributed by atoms with Gasteiger partial charge in [-0.05, 0) is 23.8 Å². The normalized spacial score (nSPS) is 12.1. The largest absolute Gasteiger partial charge is 0.508 e. The molecule has 0 aliphatic carbocycles. The third kappa shape index (κ3) is 6.55. The van der Waals surface area contributed by atoms with Gasteiger partial charge >= 0.3 is 11.9 Å². The summed E-state index contributed by atoms with van der Waals surface area (Å²) in [5.41, 5.74) is 0.722. The molecule has 0 amide bonds. The maximum Gasteiger partial charge on any atom is 0.330 e. The molecule has 0 heterocycles. The van der Waals surface area contributed by atoms with Crippen molar-refractivity contribution in [1.82, 2.24) is 0 Å². The van der Waals surface area contributed by atoms with Gasteiger partial charge in [-0.3, -0.25) is 4.79 Å². The molecule has 6 nitrogen and oxygen atoms in total. The molecule has 1 atom stereocenters. The molecular weight excluding hydrogens is 264 g/mol. The van der Waals surface area contributed by atoms with Crippen molar-refractivity contribution in [2.45, 2.75) is 13.0 Å². The lowest BCUT2D eigenvalue weighted by molar-refractivity contribution is -0.148. The summed E-state index contributed by atoms with van der Waals surface area (Å²) in [6.07, 6.45) is 1.66. The molecule has 0 saturated heterocycles. The Kier molecular flexibility index (Phi) is 6.25. The summed E-state index contributed by atoms with van der Waals surface area (Å²) in [4.78, 5) is 21.8. The van der Waals surface area contributed by atoms with Crippen molar-refractivity contribution in [2.75, 3.05) is 13.2 Å². The summed E-state index contributed by atoms with van der Waals surface area (Å²) in [5, 5.41) is 18.4. The van der Waals surface area contributed by atoms with Crippen LogP contribution in [0.3, 0.4) is 0 Å². The van der Waals surface area contributed by atoms with E-state index < -0.39 is 18.0 Å². The van der Waals surface area contributed by atoms with Crippen molar-refractivity contribution in [3.63, 3.8) is 0 Å². The van der Waals surface area contributed by atoms with Gasteiger partial charge in [0.25, 0.3) is 0 Å². The summed E-state index contributed by atoms with van der Waals surface area (Å²) >= 11 is 0. The highest BCUT2D eigenvalue weighted by Gasteiger charge is 2.08. The predicted octanol–water partition coefficient (Wildman–Crippen LogP) is 0.873. The first-order valence-electron chi connectivity index (χ1n) is 5.92. The fraction of sp³-hybridized carbons (Fsp3) is 0.286. The average Bonchev–Trinajstić information content (AvgIpc) is 2.42. The lowest BCUT2D eigenvalue weighted by Gasteiger charge is -2.09. The maximum atomic E-state index is 11.3. The van der Waals surface area contributed by atoms with Gasteiger partial charge in [-0.1, -0.05) is 12.1 Å². The molecule has 6 heteroatoms. The van der Waals surface area contributed by atoms with Crippen LogP contribution in [-0.2, 0) is 19.1 Å². The van der Waals surface area contributed by atoms with E-state index in [9.17, 15) is 14.7 Å². The molecule has 0 bridgehead atoms. The second-order valence-electron chi connectivity index (χ2n) is 4.01. The smallest absolute Gasteiger partial charge is 0.330 e. The Morgan fingerprint density at radius 2 is 1.80 bits per heavy atom. The van der Waals surface area contributed by atoms with Crippen LogP contribution < -0.4 is 0 Å². The summed E-state index contributed by atoms with van der Waals surface area (Å²) < 4.78 is 9.32. The van der Waals surface area contributed by atoms with E-state index in [2.05, 4.69) is 4.74 Å². The molecule has 0 spiro atoms. The number of aliphatic hydroxyl groups is 1. The number of benzene rings is 1. The van der Waals surface area contributed by atoms with E-state index in [1.165, 1.54) is 31.2 Å². The molecule has 1 rings (SSSR count). The van der Waals surface area contributed by atoms with Gasteiger partial charge in [-0.2, -0.15) is 0 Å². The topological polar surface area (TPSA) is 93.1 Å². The number of aromatic hydroxyl groups is 1. The van der Waals surface area contributed by atoms with E-state index >= 15 is 0 Å². The number of rotatable bonds is 6. The Balaban J connectivity index is 2.32. The van der Waals surface area contributed by atoms with E-state index in [1.54, 1.807) is 12.1 Å². The van der Waals surface area contributed by atoms with Crippen LogP contribution in [0.4, 0.5) is 0 Å². The zero-order valence-electron chi connectivity index (χ0n) is 11.0. The molecule has 0 aliphatic rings. The van der Waals surface area contributed by atoms with Crippen LogP contribution in [0, 0.1) is 0 Å². The molecule has 2 N–H and O–H groups in total. The first-order valence-corrected chi connectivity index (χ1v) is 5.92. The molecule has 1 aromatic rings. The number of phenols is 1. The van der Waals surface area contributed by atoms with E-state index in [-0.39, 0.29) is 19.0 Å². The maximum absolute atomic E-state index is 11.3. The summed E-state index contributed by atoms with van der Waals surface area (Å²) in [5.74, 6) is -0.999. The van der Waals surface area contributed by atoms with Crippen LogP contribution >= 0.6 is 0 Å². The quantitative estimate of drug-likeness (QED) is 0.593. The van der Waals surface area contributed by atoms with Gasteiger partial charge in [0.15, 0.2) is 0 Å². The molecule has 0 radical (unpaired) electrons. The molecule has 0 fully saturated rings. The molecule has 0 saturated carbocycles. The highest BCUT2D eigenvalue weighted by Crippen LogP contribution is 2.10. The minimum absolute atomic E-state index is 0.137. The molecule has 0 aromatic heterocycles. The fourth-order valence-corrected chi connectivity index (χ4v) is 1.24. The monoisotopic (exact) mass is 280 g/mol. The number of hydrogen-bond donors (Lipinski definition) is 2. The molecule has 0 aliphatic heterocycles. The van der Waals surface area contributed by atoms with Gasteiger partial charge in [0.2, 0.25) is 0 Å². The highest BCUT2D eigenvalue weighted by atomic mass is 16.6. The minimum Gasteiger partial charge on any atom is -0.508 e. The van der Waals surface area contributed by atoms with Crippen LogP contribution in [0.15, 0.2) is 30.3 Å². The number of esters is 2. The van der Waals surface area contributed by atoms with Crippen molar-refractivity contribution in [1.29, 1.82) is 0 Å². The standard InChI is InChI=1S/C14H16O6/c1-10(15)19-8-13(17)9-20-14(18)7-4-11-2-5-12(16)6-3-11/h2-7,13,16-17H,8-9H2,1H3/b7-4+. The van der Waals surface area contributed by atoms with Crippen molar-refractivity contribution < 1.29 is 29.3 Å². The van der Waals surface area contributed by atoms with Crippen molar-refractivity contribution in [2.24, 2.45) is 0 Å². The van der Waals surface area contributed by atoms with Gasteiger partial charge in [-0.15, -0.1) is 0 Å². The van der Waals surface area contributed by atoms with Crippen LogP contribution in [0.2, 0.25) is 0 Å². The third-order valence-electron chi connectivity index (χ3n) is 2.20. The van der Waals surface area contributed by atoms with Crippen LogP contribution in [0.1, 0.15) is 12.5 Å². The predicted molar refractivity (Wildman–Crippen MR) is 70.7 cm³/mol. The number of aliphatic hydroxyl groups excluding tert-OH is 1. The van der Waals surface area contributed by atoms with E-state index in [0.717, 1.165) is 5.56 Å².